The van der Waals surface area contributed by atoms with E-state index in [4.69, 9.17) is 25.9 Å². The number of fused-ring (bicyclic) bond motifs is 3. The summed E-state index contributed by atoms with van der Waals surface area (Å²) in [6.45, 7) is 7.94. The lowest BCUT2D eigenvalue weighted by molar-refractivity contribution is 0.670. The fourth-order valence-electron chi connectivity index (χ4n) is 6.89. The van der Waals surface area contributed by atoms with Crippen LogP contribution in [0, 0.1) is 17.9 Å². The summed E-state index contributed by atoms with van der Waals surface area (Å²) in [6, 6.07) is 55.8. The van der Waals surface area contributed by atoms with Crippen molar-refractivity contribution >= 4 is 27.6 Å². The molecule has 0 unspecified atom stereocenters. The van der Waals surface area contributed by atoms with E-state index in [9.17, 15) is 5.26 Å². The second kappa shape index (κ2) is 13.2. The molecule has 0 atom stereocenters. The number of aromatic nitrogens is 3. The number of nitriles is 1. The zero-order valence-corrected chi connectivity index (χ0v) is 28.2. The highest BCUT2D eigenvalue weighted by Crippen LogP contribution is 2.45. The number of hydrogen-bond acceptors (Lipinski definition) is 5. The van der Waals surface area contributed by atoms with Gasteiger partial charge in [-0.25, -0.2) is 19.8 Å². The molecule has 0 spiro atoms. The van der Waals surface area contributed by atoms with Crippen molar-refractivity contribution in [1.82, 2.24) is 15.0 Å². The number of nitrogens with zero attached hydrogens (tertiary/aromatic N) is 5. The molecule has 0 saturated carbocycles. The lowest BCUT2D eigenvalue weighted by atomic mass is 9.92. The molecular weight excluding hydrogens is 651 g/mol. The Kier molecular flexibility index (Phi) is 7.82. The fraction of sp³-hybridized carbons (Fsp3) is 0. The molecule has 2 aromatic heterocycles. The first-order valence-corrected chi connectivity index (χ1v) is 17.1. The van der Waals surface area contributed by atoms with Gasteiger partial charge >= 0.3 is 0 Å². The van der Waals surface area contributed by atoms with Crippen molar-refractivity contribution in [3.05, 3.63) is 181 Å². The molecule has 6 nitrogen and oxygen atoms in total. The molecule has 9 rings (SSSR count). The highest BCUT2D eigenvalue weighted by molar-refractivity contribution is 6.17. The molecule has 0 fully saturated rings. The van der Waals surface area contributed by atoms with Gasteiger partial charge in [0, 0.05) is 33.0 Å². The molecular formula is C47H27N5O. The first kappa shape index (κ1) is 31.3. The molecule has 2 heterocycles. The molecule has 0 saturated heterocycles. The summed E-state index contributed by atoms with van der Waals surface area (Å²) in [7, 11) is 0. The molecule has 7 aromatic carbocycles. The number of furan rings is 1. The van der Waals surface area contributed by atoms with Crippen LogP contribution in [0.15, 0.2) is 168 Å². The molecule has 0 amide bonds. The first-order valence-electron chi connectivity index (χ1n) is 17.1. The van der Waals surface area contributed by atoms with Crippen LogP contribution in [0.4, 0.5) is 5.69 Å². The molecule has 0 N–H and O–H groups in total. The van der Waals surface area contributed by atoms with Gasteiger partial charge in [-0.05, 0) is 52.1 Å². The van der Waals surface area contributed by atoms with Crippen molar-refractivity contribution in [2.75, 3.05) is 0 Å². The topological polar surface area (TPSA) is 80.0 Å². The largest absolute Gasteiger partial charge is 0.455 e. The highest BCUT2D eigenvalue weighted by atomic mass is 16.3. The molecule has 6 heteroatoms. The zero-order chi connectivity index (χ0) is 35.7. The Morgan fingerprint density at radius 2 is 1.06 bits per heavy atom. The van der Waals surface area contributed by atoms with Crippen LogP contribution in [0.2, 0.25) is 0 Å². The van der Waals surface area contributed by atoms with Crippen molar-refractivity contribution in [3.63, 3.8) is 0 Å². The number of hydrogen-bond donors (Lipinski definition) is 0. The maximum absolute atomic E-state index is 10.1. The average molecular weight is 678 g/mol. The smallest absolute Gasteiger partial charge is 0.195 e. The Balaban J connectivity index is 1.30. The van der Waals surface area contributed by atoms with Crippen LogP contribution < -0.4 is 0 Å². The fourth-order valence-corrected chi connectivity index (χ4v) is 6.89. The van der Waals surface area contributed by atoms with Crippen molar-refractivity contribution in [1.29, 1.82) is 5.26 Å². The SMILES string of the molecule is [C-]#[N+]c1ccccc1-c1cc(-c2ccccc2C#N)cc2c1oc1cccc(-c3nc(-c4ccccc4)nc(-c4ccc(-c5ccccc5)cc4)n3)c12. The van der Waals surface area contributed by atoms with Gasteiger partial charge in [0.05, 0.1) is 18.2 Å². The van der Waals surface area contributed by atoms with E-state index in [0.29, 0.717) is 39.9 Å². The molecule has 0 radical (unpaired) electrons. The van der Waals surface area contributed by atoms with Crippen molar-refractivity contribution < 1.29 is 4.42 Å². The van der Waals surface area contributed by atoms with E-state index in [1.54, 1.807) is 0 Å². The molecule has 246 valence electrons. The van der Waals surface area contributed by atoms with Gasteiger partial charge < -0.3 is 4.42 Å². The second-order valence-electron chi connectivity index (χ2n) is 12.6. The third-order valence-electron chi connectivity index (χ3n) is 9.43. The molecule has 9 aromatic rings. The van der Waals surface area contributed by atoms with Crippen molar-refractivity contribution in [2.24, 2.45) is 0 Å². The Morgan fingerprint density at radius 1 is 0.491 bits per heavy atom. The normalized spacial score (nSPS) is 11.0. The van der Waals surface area contributed by atoms with E-state index in [1.807, 2.05) is 133 Å². The standard InChI is InChI=1S/C47H27N5O/c1-49-41-21-11-10-19-37(41)39-27-35(36-18-9-8-17-34(36)29-48)28-40-43-38(20-12-22-42(43)53-44(39)40)47-51-45(32-15-6-3-7-16-32)50-46(52-47)33-25-23-31(24-26-33)30-13-4-2-5-14-30/h2-28H. The summed E-state index contributed by atoms with van der Waals surface area (Å²) in [4.78, 5) is 19.0. The van der Waals surface area contributed by atoms with E-state index in [1.165, 1.54) is 0 Å². The van der Waals surface area contributed by atoms with Gasteiger partial charge in [0.25, 0.3) is 0 Å². The summed E-state index contributed by atoms with van der Waals surface area (Å²) < 4.78 is 6.69. The summed E-state index contributed by atoms with van der Waals surface area (Å²) in [5, 5.41) is 11.7. The van der Waals surface area contributed by atoms with Gasteiger partial charge in [-0.1, -0.05) is 140 Å². The summed E-state index contributed by atoms with van der Waals surface area (Å²) in [5.41, 5.74) is 10.2. The minimum Gasteiger partial charge on any atom is -0.455 e. The van der Waals surface area contributed by atoms with Crippen LogP contribution in [0.25, 0.3) is 94.3 Å². The number of benzene rings is 7. The van der Waals surface area contributed by atoms with Gasteiger partial charge in [0.15, 0.2) is 23.2 Å². The van der Waals surface area contributed by atoms with Gasteiger partial charge in [-0.2, -0.15) is 5.26 Å². The molecule has 53 heavy (non-hydrogen) atoms. The monoisotopic (exact) mass is 677 g/mol. The Morgan fingerprint density at radius 3 is 1.77 bits per heavy atom. The minimum absolute atomic E-state index is 0.500. The van der Waals surface area contributed by atoms with Crippen molar-refractivity contribution in [3.8, 4) is 73.6 Å². The summed E-state index contributed by atoms with van der Waals surface area (Å²) in [6.07, 6.45) is 0. The lowest BCUT2D eigenvalue weighted by Crippen LogP contribution is -2.00. The third-order valence-corrected chi connectivity index (χ3v) is 9.43. The Hall–Kier alpha value is -7.67. The maximum atomic E-state index is 10.1. The van der Waals surface area contributed by atoms with Crippen LogP contribution in [0.1, 0.15) is 5.56 Å². The van der Waals surface area contributed by atoms with Gasteiger partial charge in [0.2, 0.25) is 0 Å². The van der Waals surface area contributed by atoms with E-state index in [-0.39, 0.29) is 0 Å². The van der Waals surface area contributed by atoms with Crippen molar-refractivity contribution in [2.45, 2.75) is 0 Å². The Labute approximate surface area is 305 Å². The number of rotatable bonds is 6. The van der Waals surface area contributed by atoms with E-state index in [2.05, 4.69) is 41.2 Å². The van der Waals surface area contributed by atoms with Gasteiger partial charge in [0.1, 0.15) is 11.2 Å². The number of para-hydroxylation sites is 1. The van der Waals surface area contributed by atoms with Gasteiger partial charge in [-0.3, -0.25) is 0 Å². The van der Waals surface area contributed by atoms with E-state index in [0.717, 1.165) is 60.8 Å². The maximum Gasteiger partial charge on any atom is 0.195 e. The molecule has 0 bridgehead atoms. The summed E-state index contributed by atoms with van der Waals surface area (Å²) in [5.74, 6) is 1.60. The van der Waals surface area contributed by atoms with Crippen LogP contribution in [0.3, 0.4) is 0 Å². The Bertz CT molecular complexity index is 2900. The van der Waals surface area contributed by atoms with Crippen LogP contribution in [0.5, 0.6) is 0 Å². The molecule has 0 aliphatic rings. The van der Waals surface area contributed by atoms with Crippen LogP contribution in [-0.2, 0) is 0 Å². The first-order chi connectivity index (χ1) is 26.2. The minimum atomic E-state index is 0.500. The quantitative estimate of drug-likeness (QED) is 0.164. The third kappa shape index (κ3) is 5.67. The predicted molar refractivity (Wildman–Crippen MR) is 211 cm³/mol. The van der Waals surface area contributed by atoms with Crippen LogP contribution in [-0.4, -0.2) is 15.0 Å². The molecule has 0 aliphatic heterocycles. The molecule has 0 aliphatic carbocycles. The predicted octanol–water partition coefficient (Wildman–Crippen LogP) is 12.2. The highest BCUT2D eigenvalue weighted by Gasteiger charge is 2.22. The lowest BCUT2D eigenvalue weighted by Gasteiger charge is -2.11. The van der Waals surface area contributed by atoms with E-state index < -0.39 is 0 Å². The summed E-state index contributed by atoms with van der Waals surface area (Å²) >= 11 is 0. The average Bonchev–Trinajstić information content (AvgIpc) is 3.63. The second-order valence-corrected chi connectivity index (χ2v) is 12.6. The van der Waals surface area contributed by atoms with E-state index >= 15 is 0 Å². The van der Waals surface area contributed by atoms with Crippen LogP contribution >= 0.6 is 0 Å². The zero-order valence-electron chi connectivity index (χ0n) is 28.2. The van der Waals surface area contributed by atoms with Gasteiger partial charge in [-0.15, -0.1) is 0 Å².